The predicted molar refractivity (Wildman–Crippen MR) is 68.0 cm³/mol. The zero-order valence-corrected chi connectivity index (χ0v) is 11.7. The monoisotopic (exact) mass is 295 g/mol. The van der Waals surface area contributed by atoms with Gasteiger partial charge in [-0.05, 0) is 20.8 Å². The fourth-order valence-corrected chi connectivity index (χ4v) is 1.44. The zero-order chi connectivity index (χ0) is 14.6. The Hall–Kier alpha value is -1.37. The zero-order valence-electron chi connectivity index (χ0n) is 10.9. The summed E-state index contributed by atoms with van der Waals surface area (Å²) in [6, 6.07) is 0. The Kier molecular flexibility index (Phi) is 5.11. The van der Waals surface area contributed by atoms with Gasteiger partial charge in [0.15, 0.2) is 5.15 Å². The highest BCUT2D eigenvalue weighted by Crippen LogP contribution is 2.22. The van der Waals surface area contributed by atoms with Gasteiger partial charge in [-0.15, -0.1) is 0 Å². The van der Waals surface area contributed by atoms with Crippen LogP contribution < -0.4 is 5.32 Å². The number of ether oxygens (including phenoxy) is 1. The van der Waals surface area contributed by atoms with Crippen LogP contribution in [0.5, 0.6) is 0 Å². The summed E-state index contributed by atoms with van der Waals surface area (Å²) in [7, 11) is 0. The summed E-state index contributed by atoms with van der Waals surface area (Å²) in [6.07, 6.45) is -1.14. The minimum Gasteiger partial charge on any atom is -0.444 e. The van der Waals surface area contributed by atoms with Crippen molar-refractivity contribution in [3.05, 3.63) is 11.3 Å². The fraction of sp³-hybridized carbons (Fsp3) is 0.636. The molecular weight excluding hydrogens is 280 g/mol. The summed E-state index contributed by atoms with van der Waals surface area (Å²) in [5.41, 5.74) is -0.466. The maximum absolute atomic E-state index is 12.9. The second-order valence-electron chi connectivity index (χ2n) is 4.91. The third-order valence-electron chi connectivity index (χ3n) is 1.95. The maximum atomic E-state index is 12.9. The molecule has 1 rings (SSSR count). The fourth-order valence-electron chi connectivity index (χ4n) is 1.23. The first kappa shape index (κ1) is 15.7. The number of halogens is 3. The van der Waals surface area contributed by atoms with Crippen molar-refractivity contribution in [2.24, 2.45) is 0 Å². The van der Waals surface area contributed by atoms with Gasteiger partial charge in [-0.2, -0.15) is 5.10 Å². The van der Waals surface area contributed by atoms with Crippen LogP contribution in [-0.4, -0.2) is 34.3 Å². The summed E-state index contributed by atoms with van der Waals surface area (Å²) < 4.78 is 31.0. The molecular formula is C11H16ClF2N3O2. The van der Waals surface area contributed by atoms with Gasteiger partial charge in [-0.3, -0.25) is 5.32 Å². The van der Waals surface area contributed by atoms with Crippen molar-refractivity contribution in [1.29, 1.82) is 0 Å². The summed E-state index contributed by atoms with van der Waals surface area (Å²) in [4.78, 5) is 11.5. The van der Waals surface area contributed by atoms with Gasteiger partial charge < -0.3 is 4.74 Å². The summed E-state index contributed by atoms with van der Waals surface area (Å²) >= 11 is 5.88. The van der Waals surface area contributed by atoms with Gasteiger partial charge in [0.05, 0.1) is 12.7 Å². The van der Waals surface area contributed by atoms with E-state index in [1.54, 1.807) is 20.8 Å². The third kappa shape index (κ3) is 5.02. The minimum atomic E-state index is -1.69. The summed E-state index contributed by atoms with van der Waals surface area (Å²) in [6.45, 7) is 3.71. The van der Waals surface area contributed by atoms with Gasteiger partial charge in [-0.1, -0.05) is 11.6 Å². The number of carbonyl (C=O) groups excluding carboxylic acids is 1. The highest BCUT2D eigenvalue weighted by Gasteiger charge is 2.19. The molecule has 19 heavy (non-hydrogen) atoms. The molecule has 8 heteroatoms. The Bertz CT molecular complexity index is 446. The molecule has 1 amide bonds. The van der Waals surface area contributed by atoms with Crippen LogP contribution in [0.3, 0.4) is 0 Å². The molecule has 108 valence electrons. The van der Waals surface area contributed by atoms with E-state index < -0.39 is 24.5 Å². The van der Waals surface area contributed by atoms with E-state index in [-0.39, 0.29) is 17.4 Å². The number of aromatic nitrogens is 2. The van der Waals surface area contributed by atoms with Crippen molar-refractivity contribution >= 4 is 23.4 Å². The van der Waals surface area contributed by atoms with Gasteiger partial charge in [-0.25, -0.2) is 18.3 Å². The second kappa shape index (κ2) is 6.18. The number of nitrogens with zero attached hydrogens (tertiary/aromatic N) is 2. The molecule has 0 radical (unpaired) electrons. The molecule has 0 aliphatic carbocycles. The van der Waals surface area contributed by atoms with Gasteiger partial charge in [0.1, 0.15) is 24.1 Å². The van der Waals surface area contributed by atoms with E-state index in [0.717, 1.165) is 4.68 Å². The summed E-state index contributed by atoms with van der Waals surface area (Å²) in [5.74, 6) is 0. The second-order valence-corrected chi connectivity index (χ2v) is 5.27. The SMILES string of the molecule is CC(C)(C)OC(=O)Nc1cnn(CC(F)CF)c1Cl. The molecule has 0 spiro atoms. The van der Waals surface area contributed by atoms with Crippen LogP contribution in [0.2, 0.25) is 5.15 Å². The molecule has 1 unspecified atom stereocenters. The van der Waals surface area contributed by atoms with E-state index in [1.165, 1.54) is 6.20 Å². The quantitative estimate of drug-likeness (QED) is 0.928. The molecule has 1 N–H and O–H groups in total. The molecule has 1 aromatic rings. The largest absolute Gasteiger partial charge is 0.444 e. The van der Waals surface area contributed by atoms with Gasteiger partial charge in [0, 0.05) is 0 Å². The number of anilines is 1. The normalized spacial score (nSPS) is 13.2. The minimum absolute atomic E-state index is 0.0157. The molecule has 0 saturated carbocycles. The standard InChI is InChI=1S/C11H16ClF2N3O2/c1-11(2,3)19-10(18)16-8-5-15-17(9(8)12)6-7(14)4-13/h5,7H,4,6H2,1-3H3,(H,16,18). The van der Waals surface area contributed by atoms with Crippen molar-refractivity contribution in [3.8, 4) is 0 Å². The Balaban J connectivity index is 2.68. The van der Waals surface area contributed by atoms with Crippen LogP contribution in [-0.2, 0) is 11.3 Å². The third-order valence-corrected chi connectivity index (χ3v) is 2.35. The number of hydrogen-bond acceptors (Lipinski definition) is 3. The molecule has 0 aromatic carbocycles. The maximum Gasteiger partial charge on any atom is 0.412 e. The molecule has 1 atom stereocenters. The number of hydrogen-bond donors (Lipinski definition) is 1. The lowest BCUT2D eigenvalue weighted by Gasteiger charge is -2.19. The van der Waals surface area contributed by atoms with Crippen LogP contribution in [0.4, 0.5) is 19.3 Å². The van der Waals surface area contributed by atoms with Crippen molar-refractivity contribution < 1.29 is 18.3 Å². The van der Waals surface area contributed by atoms with Crippen molar-refractivity contribution in [2.45, 2.75) is 39.1 Å². The average molecular weight is 296 g/mol. The summed E-state index contributed by atoms with van der Waals surface area (Å²) in [5, 5.41) is 6.16. The first-order chi connectivity index (χ1) is 8.73. The molecule has 5 nitrogen and oxygen atoms in total. The van der Waals surface area contributed by atoms with Crippen LogP contribution in [0, 0.1) is 0 Å². The molecule has 0 saturated heterocycles. The Morgan fingerprint density at radius 3 is 2.79 bits per heavy atom. The Morgan fingerprint density at radius 1 is 1.63 bits per heavy atom. The first-order valence-corrected chi connectivity index (χ1v) is 6.02. The molecule has 0 fully saturated rings. The lowest BCUT2D eigenvalue weighted by molar-refractivity contribution is 0.0636. The van der Waals surface area contributed by atoms with Crippen LogP contribution >= 0.6 is 11.6 Å². The average Bonchev–Trinajstić information content (AvgIpc) is 2.59. The van der Waals surface area contributed by atoms with E-state index in [9.17, 15) is 13.6 Å². The van der Waals surface area contributed by atoms with Crippen LogP contribution in [0.15, 0.2) is 6.20 Å². The predicted octanol–water partition coefficient (Wildman–Crippen LogP) is 3.19. The number of nitrogens with one attached hydrogen (secondary N) is 1. The van der Waals surface area contributed by atoms with Crippen molar-refractivity contribution in [2.75, 3.05) is 12.0 Å². The smallest absolute Gasteiger partial charge is 0.412 e. The van der Waals surface area contributed by atoms with Crippen LogP contribution in [0.1, 0.15) is 20.8 Å². The highest BCUT2D eigenvalue weighted by molar-refractivity contribution is 6.32. The van der Waals surface area contributed by atoms with Gasteiger partial charge in [0.2, 0.25) is 0 Å². The molecule has 1 heterocycles. The molecule has 0 aliphatic heterocycles. The van der Waals surface area contributed by atoms with E-state index in [2.05, 4.69) is 10.4 Å². The van der Waals surface area contributed by atoms with E-state index in [1.807, 2.05) is 0 Å². The van der Waals surface area contributed by atoms with Gasteiger partial charge >= 0.3 is 6.09 Å². The van der Waals surface area contributed by atoms with Crippen molar-refractivity contribution in [3.63, 3.8) is 0 Å². The molecule has 0 bridgehead atoms. The number of alkyl halides is 2. The number of amides is 1. The number of carbonyl (C=O) groups is 1. The first-order valence-electron chi connectivity index (χ1n) is 5.64. The Morgan fingerprint density at radius 2 is 2.26 bits per heavy atom. The van der Waals surface area contributed by atoms with Crippen LogP contribution in [0.25, 0.3) is 0 Å². The Labute approximate surface area is 114 Å². The number of rotatable bonds is 4. The topological polar surface area (TPSA) is 56.1 Å². The van der Waals surface area contributed by atoms with E-state index >= 15 is 0 Å². The van der Waals surface area contributed by atoms with E-state index in [0.29, 0.717) is 0 Å². The lowest BCUT2D eigenvalue weighted by Crippen LogP contribution is -2.27. The van der Waals surface area contributed by atoms with Crippen molar-refractivity contribution in [1.82, 2.24) is 9.78 Å². The molecule has 0 aliphatic rings. The highest BCUT2D eigenvalue weighted by atomic mass is 35.5. The van der Waals surface area contributed by atoms with E-state index in [4.69, 9.17) is 16.3 Å². The lowest BCUT2D eigenvalue weighted by atomic mass is 10.2. The molecule has 1 aromatic heterocycles. The van der Waals surface area contributed by atoms with Gasteiger partial charge in [0.25, 0.3) is 0 Å².